The van der Waals surface area contributed by atoms with Crippen molar-refractivity contribution >= 4 is 28.3 Å². The van der Waals surface area contributed by atoms with E-state index < -0.39 is 11.9 Å². The van der Waals surface area contributed by atoms with Crippen LogP contribution in [0.2, 0.25) is 0 Å². The zero-order valence-electron chi connectivity index (χ0n) is 22.4. The minimum atomic E-state index is -0.647. The molecular formula is C28H27N11O2. The molecule has 4 aromatic heterocycles. The molecule has 1 amide bonds. The maximum Gasteiger partial charge on any atom is 0.262 e. The number of benzene rings is 1. The Morgan fingerprint density at radius 2 is 2.15 bits per heavy atom. The molecule has 6 rings (SSSR count). The van der Waals surface area contributed by atoms with Gasteiger partial charge in [-0.2, -0.15) is 5.10 Å². The van der Waals surface area contributed by atoms with Crippen LogP contribution >= 0.6 is 0 Å². The first-order valence-electron chi connectivity index (χ1n) is 13.0. The molecule has 5 aromatic rings. The lowest BCUT2D eigenvalue weighted by molar-refractivity contribution is 0.0939. The molecule has 0 spiro atoms. The predicted octanol–water partition coefficient (Wildman–Crippen LogP) is 1.03. The Balaban J connectivity index is 1.41. The Kier molecular flexibility index (Phi) is 6.56. The number of amides is 1. The van der Waals surface area contributed by atoms with Gasteiger partial charge in [0, 0.05) is 56.1 Å². The molecule has 206 valence electrons. The number of fused-ring (bicyclic) bond motifs is 2. The second-order valence-corrected chi connectivity index (χ2v) is 9.60. The summed E-state index contributed by atoms with van der Waals surface area (Å²) in [5, 5.41) is 18.0. The number of rotatable bonds is 6. The molecule has 1 aliphatic rings. The summed E-state index contributed by atoms with van der Waals surface area (Å²) >= 11 is 0. The van der Waals surface area contributed by atoms with Crippen LogP contribution in [0.1, 0.15) is 46.7 Å². The molecule has 13 heteroatoms. The number of nitrogens with two attached hydrogens (primary N) is 1. The van der Waals surface area contributed by atoms with Crippen molar-refractivity contribution in [3.63, 3.8) is 0 Å². The van der Waals surface area contributed by atoms with Gasteiger partial charge in [0.25, 0.3) is 11.5 Å². The normalized spacial score (nSPS) is 13.3. The lowest BCUT2D eigenvalue weighted by Gasteiger charge is -2.20. The Hall–Kier alpha value is -5.64. The molecule has 1 unspecified atom stereocenters. The molecule has 5 N–H and O–H groups in total. The van der Waals surface area contributed by atoms with E-state index in [4.69, 9.17) is 10.7 Å². The van der Waals surface area contributed by atoms with Crippen molar-refractivity contribution in [2.75, 3.05) is 12.4 Å². The van der Waals surface area contributed by atoms with Crippen LogP contribution in [-0.4, -0.2) is 46.5 Å². The van der Waals surface area contributed by atoms with E-state index in [1.54, 1.807) is 59.2 Å². The highest BCUT2D eigenvalue weighted by Crippen LogP contribution is 2.21. The Labute approximate surface area is 234 Å². The van der Waals surface area contributed by atoms with Crippen LogP contribution in [0.25, 0.3) is 16.6 Å². The Morgan fingerprint density at radius 3 is 2.93 bits per heavy atom. The zero-order valence-corrected chi connectivity index (χ0v) is 22.4. The first kappa shape index (κ1) is 25.6. The van der Waals surface area contributed by atoms with Gasteiger partial charge in [-0.1, -0.05) is 17.9 Å². The minimum absolute atomic E-state index is 0.0563. The summed E-state index contributed by atoms with van der Waals surface area (Å²) in [7, 11) is 1.82. The fourth-order valence-corrected chi connectivity index (χ4v) is 4.79. The first-order chi connectivity index (χ1) is 19.9. The number of carbonyl (C=O) groups is 1. The number of nitrogens with one attached hydrogen (secondary N) is 3. The largest absolute Gasteiger partial charge is 0.381 e. The summed E-state index contributed by atoms with van der Waals surface area (Å²) in [6.45, 7) is 2.74. The van der Waals surface area contributed by atoms with Gasteiger partial charge in [0.1, 0.15) is 11.4 Å². The first-order valence-corrected chi connectivity index (χ1v) is 13.0. The van der Waals surface area contributed by atoms with Gasteiger partial charge in [0.15, 0.2) is 11.5 Å². The van der Waals surface area contributed by atoms with Crippen LogP contribution in [0.5, 0.6) is 0 Å². The molecule has 1 aliphatic heterocycles. The fraction of sp³-hybridized carbons (Fsp3) is 0.214. The quantitative estimate of drug-likeness (QED) is 0.227. The van der Waals surface area contributed by atoms with E-state index in [0.717, 1.165) is 11.3 Å². The SMILES string of the molecule is CC(NC(=O)c1c(N)nn2cccnc12)c1nc2cccc(C#Cc3cnn(C)c3)c2c(=O)n1CCC1=CNCN1. The third kappa shape index (κ3) is 4.94. The third-order valence-electron chi connectivity index (χ3n) is 6.74. The highest BCUT2D eigenvalue weighted by atomic mass is 16.2. The number of aryl methyl sites for hydroxylation is 1. The fourth-order valence-electron chi connectivity index (χ4n) is 4.79. The second kappa shape index (κ2) is 10.5. The Morgan fingerprint density at radius 1 is 1.27 bits per heavy atom. The van der Waals surface area contributed by atoms with E-state index in [9.17, 15) is 9.59 Å². The van der Waals surface area contributed by atoms with Gasteiger partial charge < -0.3 is 21.7 Å². The highest BCUT2D eigenvalue weighted by Gasteiger charge is 2.24. The number of nitrogen functional groups attached to an aromatic ring is 1. The predicted molar refractivity (Wildman–Crippen MR) is 152 cm³/mol. The second-order valence-electron chi connectivity index (χ2n) is 9.60. The van der Waals surface area contributed by atoms with E-state index in [2.05, 4.69) is 43.0 Å². The number of nitrogens with zero attached hydrogens (tertiary/aromatic N) is 7. The van der Waals surface area contributed by atoms with Crippen molar-refractivity contribution in [2.24, 2.45) is 7.05 Å². The molecular weight excluding hydrogens is 522 g/mol. The standard InChI is InChI=1S/C28H27N11O2/c1-17(34-27(40)23-24(29)36-39-11-4-10-31-26(23)39)25-35-21-6-3-5-19(8-7-18-13-33-37(2)15-18)22(21)28(41)38(25)12-9-20-14-30-16-32-20/h3-6,10-11,13-15,17,30,32H,9,12,16H2,1-2H3,(H2,29,36)(H,34,40). The average molecular weight is 550 g/mol. The van der Waals surface area contributed by atoms with Crippen molar-refractivity contribution in [1.82, 2.24) is 49.9 Å². The van der Waals surface area contributed by atoms with Crippen molar-refractivity contribution in [3.8, 4) is 11.8 Å². The van der Waals surface area contributed by atoms with Crippen molar-refractivity contribution in [2.45, 2.75) is 25.9 Å². The number of anilines is 1. The number of allylic oxidation sites excluding steroid dienone is 1. The molecule has 1 atom stereocenters. The third-order valence-corrected chi connectivity index (χ3v) is 6.74. The van der Waals surface area contributed by atoms with Gasteiger partial charge in [-0.05, 0) is 25.1 Å². The summed E-state index contributed by atoms with van der Waals surface area (Å²) < 4.78 is 4.71. The van der Waals surface area contributed by atoms with Gasteiger partial charge in [-0.3, -0.25) is 18.8 Å². The van der Waals surface area contributed by atoms with E-state index in [1.807, 2.05) is 19.3 Å². The van der Waals surface area contributed by atoms with Gasteiger partial charge >= 0.3 is 0 Å². The van der Waals surface area contributed by atoms with Crippen LogP contribution in [0.4, 0.5) is 5.82 Å². The molecule has 0 bridgehead atoms. The molecule has 5 heterocycles. The van der Waals surface area contributed by atoms with E-state index >= 15 is 0 Å². The summed E-state index contributed by atoms with van der Waals surface area (Å²) in [4.78, 5) is 36.6. The lowest BCUT2D eigenvalue weighted by atomic mass is 10.1. The van der Waals surface area contributed by atoms with E-state index in [1.165, 1.54) is 4.52 Å². The molecule has 1 aromatic carbocycles. The monoisotopic (exact) mass is 549 g/mol. The number of hydrogen-bond acceptors (Lipinski definition) is 9. The average Bonchev–Trinajstić information content (AvgIpc) is 3.70. The van der Waals surface area contributed by atoms with Crippen LogP contribution in [0, 0.1) is 11.8 Å². The maximum atomic E-state index is 14.1. The number of carbonyl (C=O) groups excluding carboxylic acids is 1. The number of hydrogen-bond donors (Lipinski definition) is 4. The molecule has 13 nitrogen and oxygen atoms in total. The maximum absolute atomic E-state index is 14.1. The van der Waals surface area contributed by atoms with Crippen molar-refractivity contribution < 1.29 is 4.79 Å². The molecule has 0 saturated heterocycles. The summed E-state index contributed by atoms with van der Waals surface area (Å²) in [6, 6.07) is 6.43. The van der Waals surface area contributed by atoms with Crippen LogP contribution in [0.3, 0.4) is 0 Å². The molecule has 0 aliphatic carbocycles. The summed E-state index contributed by atoms with van der Waals surface area (Å²) in [5.74, 6) is 6.19. The molecule has 0 saturated carbocycles. The van der Waals surface area contributed by atoms with Gasteiger partial charge in [-0.15, -0.1) is 5.10 Å². The van der Waals surface area contributed by atoms with Crippen molar-refractivity contribution in [1.29, 1.82) is 0 Å². The minimum Gasteiger partial charge on any atom is -0.381 e. The highest BCUT2D eigenvalue weighted by molar-refractivity contribution is 6.04. The van der Waals surface area contributed by atoms with Gasteiger partial charge in [0.05, 0.1) is 35.4 Å². The topological polar surface area (TPSA) is 162 Å². The molecule has 0 radical (unpaired) electrons. The van der Waals surface area contributed by atoms with Crippen LogP contribution in [0.15, 0.2) is 65.7 Å². The smallest absolute Gasteiger partial charge is 0.262 e. The van der Waals surface area contributed by atoms with E-state index in [-0.39, 0.29) is 16.9 Å². The zero-order chi connectivity index (χ0) is 28.5. The lowest BCUT2D eigenvalue weighted by Crippen LogP contribution is -2.34. The van der Waals surface area contributed by atoms with E-state index in [0.29, 0.717) is 47.6 Å². The van der Waals surface area contributed by atoms with Crippen molar-refractivity contribution in [3.05, 3.63) is 93.8 Å². The summed E-state index contributed by atoms with van der Waals surface area (Å²) in [5.41, 5.74) is 9.06. The van der Waals surface area contributed by atoms with Gasteiger partial charge in [0.2, 0.25) is 0 Å². The molecule has 41 heavy (non-hydrogen) atoms. The van der Waals surface area contributed by atoms with Gasteiger partial charge in [-0.25, -0.2) is 14.5 Å². The summed E-state index contributed by atoms with van der Waals surface area (Å²) in [6.07, 6.45) is 9.14. The molecule has 0 fully saturated rings. The number of aromatic nitrogens is 7. The van der Waals surface area contributed by atoms with Crippen LogP contribution in [-0.2, 0) is 13.6 Å². The van der Waals surface area contributed by atoms with Crippen LogP contribution < -0.4 is 27.2 Å². The Bertz CT molecular complexity index is 1950.